The Morgan fingerprint density at radius 1 is 1.18 bits per heavy atom. The Morgan fingerprint density at radius 2 is 2.06 bits per heavy atom. The van der Waals surface area contributed by atoms with Crippen LogP contribution < -0.4 is 25.7 Å². The number of hydrogen-bond acceptors (Lipinski definition) is 8. The summed E-state index contributed by atoms with van der Waals surface area (Å²) in [5, 5.41) is 12.9. The van der Waals surface area contributed by atoms with E-state index in [1.165, 1.54) is 10.7 Å². The van der Waals surface area contributed by atoms with Crippen LogP contribution in [0, 0.1) is 6.92 Å². The van der Waals surface area contributed by atoms with Crippen LogP contribution in [0.1, 0.15) is 5.69 Å². The zero-order valence-corrected chi connectivity index (χ0v) is 19.2. The predicted octanol–water partition coefficient (Wildman–Crippen LogP) is 3.95. The lowest BCUT2D eigenvalue weighted by molar-refractivity contribution is 0.174. The van der Waals surface area contributed by atoms with Crippen LogP contribution in [0.3, 0.4) is 0 Å². The first-order valence-corrected chi connectivity index (χ1v) is 11.8. The molecular formula is C22H19N5O4S2. The lowest BCUT2D eigenvalue weighted by atomic mass is 10.3. The predicted molar refractivity (Wildman–Crippen MR) is 127 cm³/mol. The van der Waals surface area contributed by atoms with Gasteiger partial charge in [0.2, 0.25) is 6.79 Å². The van der Waals surface area contributed by atoms with Gasteiger partial charge < -0.3 is 20.1 Å². The smallest absolute Gasteiger partial charge is 0.319 e. The van der Waals surface area contributed by atoms with E-state index in [0.717, 1.165) is 20.5 Å². The summed E-state index contributed by atoms with van der Waals surface area (Å²) in [6.07, 6.45) is 0. The van der Waals surface area contributed by atoms with Crippen molar-refractivity contribution in [2.75, 3.05) is 18.7 Å². The summed E-state index contributed by atoms with van der Waals surface area (Å²) in [6, 6.07) is 12.0. The Bertz CT molecular complexity index is 1360. The Balaban J connectivity index is 1.23. The zero-order valence-electron chi connectivity index (χ0n) is 17.5. The maximum absolute atomic E-state index is 12.3. The van der Waals surface area contributed by atoms with Gasteiger partial charge in [0.25, 0.3) is 5.56 Å². The van der Waals surface area contributed by atoms with Crippen molar-refractivity contribution >= 4 is 34.4 Å². The number of anilines is 1. The van der Waals surface area contributed by atoms with Crippen LogP contribution in [-0.4, -0.2) is 34.1 Å². The van der Waals surface area contributed by atoms with E-state index in [4.69, 9.17) is 9.47 Å². The van der Waals surface area contributed by atoms with E-state index in [0.29, 0.717) is 22.9 Å². The summed E-state index contributed by atoms with van der Waals surface area (Å²) < 4.78 is 11.9. The third-order valence-electron chi connectivity index (χ3n) is 4.87. The highest BCUT2D eigenvalue weighted by atomic mass is 32.1. The van der Waals surface area contributed by atoms with Crippen LogP contribution >= 0.6 is 22.7 Å². The van der Waals surface area contributed by atoms with Crippen LogP contribution in [0.25, 0.3) is 20.5 Å². The first-order chi connectivity index (χ1) is 16.1. The minimum atomic E-state index is -0.392. The molecule has 0 unspecified atom stereocenters. The van der Waals surface area contributed by atoms with Crippen LogP contribution in [0.4, 0.5) is 10.5 Å². The summed E-state index contributed by atoms with van der Waals surface area (Å²) in [4.78, 5) is 31.2. The van der Waals surface area contributed by atoms with Gasteiger partial charge in [-0.05, 0) is 36.6 Å². The number of thiophene rings is 1. The fraction of sp³-hybridized carbons (Fsp3) is 0.182. The first kappa shape index (κ1) is 21.2. The molecule has 0 spiro atoms. The molecule has 0 atom stereocenters. The molecule has 5 rings (SSSR count). The molecule has 0 saturated carbocycles. The molecule has 33 heavy (non-hydrogen) atoms. The van der Waals surface area contributed by atoms with Gasteiger partial charge in [-0.2, -0.15) is 5.10 Å². The molecule has 2 N–H and O–H groups in total. The van der Waals surface area contributed by atoms with Crippen molar-refractivity contribution in [2.45, 2.75) is 13.5 Å². The molecule has 0 radical (unpaired) electrons. The van der Waals surface area contributed by atoms with Crippen LogP contribution in [0.5, 0.6) is 11.5 Å². The Kier molecular flexibility index (Phi) is 5.80. The number of thiazole rings is 1. The monoisotopic (exact) mass is 481 g/mol. The van der Waals surface area contributed by atoms with Crippen molar-refractivity contribution < 1.29 is 14.3 Å². The molecule has 0 fully saturated rings. The minimum Gasteiger partial charge on any atom is -0.454 e. The van der Waals surface area contributed by atoms with Crippen molar-refractivity contribution in [3.63, 3.8) is 0 Å². The highest BCUT2D eigenvalue weighted by molar-refractivity contribution is 7.23. The number of urea groups is 1. The van der Waals surface area contributed by atoms with Crippen molar-refractivity contribution in [1.82, 2.24) is 20.1 Å². The van der Waals surface area contributed by atoms with E-state index in [1.54, 1.807) is 46.9 Å². The maximum Gasteiger partial charge on any atom is 0.319 e. The number of carbonyl (C=O) groups is 1. The van der Waals surface area contributed by atoms with E-state index < -0.39 is 6.03 Å². The standard InChI is InChI=1S/C22H19N5O4S2/c1-13-20(33-21(24-13)18-3-2-10-32-18)15-5-7-19(28)27(26-15)9-8-23-22(29)25-14-4-6-16-17(11-14)31-12-30-16/h2-7,10-11H,8-9,12H2,1H3,(H2,23,25,29). The number of carbonyl (C=O) groups excluding carboxylic acids is 1. The number of nitrogens with one attached hydrogen (secondary N) is 2. The molecular weight excluding hydrogens is 462 g/mol. The maximum atomic E-state index is 12.3. The quantitative estimate of drug-likeness (QED) is 0.432. The molecule has 0 aliphatic carbocycles. The molecule has 2 amide bonds. The Labute approximate surface area is 196 Å². The van der Waals surface area contributed by atoms with Gasteiger partial charge in [0.05, 0.1) is 22.0 Å². The number of aromatic nitrogens is 3. The number of fused-ring (bicyclic) bond motifs is 1. The lowest BCUT2D eigenvalue weighted by Crippen LogP contribution is -2.34. The molecule has 4 aromatic rings. The number of amides is 2. The summed E-state index contributed by atoms with van der Waals surface area (Å²) in [7, 11) is 0. The van der Waals surface area contributed by atoms with Gasteiger partial charge in [-0.1, -0.05) is 6.07 Å². The van der Waals surface area contributed by atoms with Crippen LogP contribution in [0.15, 0.2) is 52.6 Å². The van der Waals surface area contributed by atoms with Gasteiger partial charge in [0, 0.05) is 24.4 Å². The van der Waals surface area contributed by atoms with Gasteiger partial charge in [0.1, 0.15) is 10.7 Å². The van der Waals surface area contributed by atoms with Crippen LogP contribution in [-0.2, 0) is 6.54 Å². The number of nitrogens with zero attached hydrogens (tertiary/aromatic N) is 3. The second-order valence-corrected chi connectivity index (χ2v) is 9.09. The van der Waals surface area contributed by atoms with Gasteiger partial charge in [-0.15, -0.1) is 22.7 Å². The molecule has 0 bridgehead atoms. The normalized spacial score (nSPS) is 12.0. The summed E-state index contributed by atoms with van der Waals surface area (Å²) >= 11 is 3.18. The van der Waals surface area contributed by atoms with Gasteiger partial charge in [0.15, 0.2) is 11.5 Å². The molecule has 9 nitrogen and oxygen atoms in total. The van der Waals surface area contributed by atoms with Crippen molar-refractivity contribution in [3.8, 4) is 32.0 Å². The van der Waals surface area contributed by atoms with E-state index in [-0.39, 0.29) is 25.4 Å². The second-order valence-electron chi connectivity index (χ2n) is 7.14. The number of benzene rings is 1. The molecule has 168 valence electrons. The molecule has 11 heteroatoms. The fourth-order valence-electron chi connectivity index (χ4n) is 3.29. The topological polar surface area (TPSA) is 107 Å². The highest BCUT2D eigenvalue weighted by Crippen LogP contribution is 2.36. The van der Waals surface area contributed by atoms with Gasteiger partial charge in [-0.25, -0.2) is 14.5 Å². The van der Waals surface area contributed by atoms with Crippen molar-refractivity contribution in [2.24, 2.45) is 0 Å². The zero-order chi connectivity index (χ0) is 22.8. The average molecular weight is 482 g/mol. The van der Waals surface area contributed by atoms with Gasteiger partial charge in [-0.3, -0.25) is 4.79 Å². The number of hydrogen-bond donors (Lipinski definition) is 2. The van der Waals surface area contributed by atoms with E-state index in [1.807, 2.05) is 24.4 Å². The van der Waals surface area contributed by atoms with Crippen molar-refractivity contribution in [3.05, 3.63) is 63.9 Å². The Hall–Kier alpha value is -3.70. The SMILES string of the molecule is Cc1nc(-c2cccs2)sc1-c1ccc(=O)n(CCNC(=O)Nc2ccc3c(c2)OCO3)n1. The third kappa shape index (κ3) is 4.59. The molecule has 0 saturated heterocycles. The lowest BCUT2D eigenvalue weighted by Gasteiger charge is -2.10. The van der Waals surface area contributed by atoms with E-state index >= 15 is 0 Å². The third-order valence-corrected chi connectivity index (χ3v) is 7.09. The second kappa shape index (κ2) is 9.04. The number of ether oxygens (including phenoxy) is 2. The highest BCUT2D eigenvalue weighted by Gasteiger charge is 2.15. The summed E-state index contributed by atoms with van der Waals surface area (Å²) in [5.74, 6) is 1.23. The molecule has 1 aromatic carbocycles. The van der Waals surface area contributed by atoms with Crippen molar-refractivity contribution in [1.29, 1.82) is 0 Å². The first-order valence-electron chi connectivity index (χ1n) is 10.1. The minimum absolute atomic E-state index is 0.169. The van der Waals surface area contributed by atoms with Gasteiger partial charge >= 0.3 is 6.03 Å². The summed E-state index contributed by atoms with van der Waals surface area (Å²) in [5.41, 5.74) is 1.88. The average Bonchev–Trinajstić information content (AvgIpc) is 3.55. The fourth-order valence-corrected chi connectivity index (χ4v) is 5.12. The summed E-state index contributed by atoms with van der Waals surface area (Å²) in [6.45, 7) is 2.57. The Morgan fingerprint density at radius 3 is 2.91 bits per heavy atom. The molecule has 4 heterocycles. The van der Waals surface area contributed by atoms with Crippen LogP contribution in [0.2, 0.25) is 0 Å². The van der Waals surface area contributed by atoms with E-state index in [9.17, 15) is 9.59 Å². The molecule has 1 aliphatic rings. The van der Waals surface area contributed by atoms with E-state index in [2.05, 4.69) is 20.7 Å². The number of rotatable bonds is 6. The largest absolute Gasteiger partial charge is 0.454 e. The molecule has 1 aliphatic heterocycles. The number of aryl methyl sites for hydroxylation is 1. The molecule has 3 aromatic heterocycles.